The van der Waals surface area contributed by atoms with Gasteiger partial charge in [-0.2, -0.15) is 0 Å². The average molecular weight is 436 g/mol. The Bertz CT molecular complexity index is 1020. The Morgan fingerprint density at radius 2 is 1.81 bits per heavy atom. The number of benzene rings is 2. The van der Waals surface area contributed by atoms with Gasteiger partial charge in [0.2, 0.25) is 0 Å². The fraction of sp³-hybridized carbons (Fsp3) is 0.280. The predicted molar refractivity (Wildman–Crippen MR) is 124 cm³/mol. The molecular weight excluding hydrogens is 406 g/mol. The van der Waals surface area contributed by atoms with E-state index in [9.17, 15) is 4.79 Å². The third-order valence-electron chi connectivity index (χ3n) is 4.70. The third-order valence-corrected chi connectivity index (χ3v) is 4.70. The number of rotatable bonds is 11. The summed E-state index contributed by atoms with van der Waals surface area (Å²) in [7, 11) is 1.58. The number of nitrogens with two attached hydrogens (primary N) is 1. The van der Waals surface area contributed by atoms with E-state index < -0.39 is 0 Å². The molecule has 0 spiro atoms. The molecule has 3 aromatic rings. The Kier molecular flexibility index (Phi) is 8.45. The fourth-order valence-corrected chi connectivity index (χ4v) is 2.99. The van der Waals surface area contributed by atoms with Crippen LogP contribution >= 0.6 is 0 Å². The molecule has 1 heterocycles. The predicted octanol–water partition coefficient (Wildman–Crippen LogP) is 4.71. The lowest BCUT2D eigenvalue weighted by atomic mass is 10.2. The molecule has 0 bridgehead atoms. The zero-order chi connectivity index (χ0) is 22.8. The first-order valence-electron chi connectivity index (χ1n) is 10.6. The van der Waals surface area contributed by atoms with Gasteiger partial charge < -0.3 is 25.3 Å². The lowest BCUT2D eigenvalue weighted by Crippen LogP contribution is -2.24. The van der Waals surface area contributed by atoms with Crippen molar-refractivity contribution < 1.29 is 19.0 Å². The summed E-state index contributed by atoms with van der Waals surface area (Å²) in [5.41, 5.74) is 7.86. The number of hydrogen-bond acceptors (Lipinski definition) is 6. The van der Waals surface area contributed by atoms with E-state index in [0.717, 1.165) is 24.2 Å². The van der Waals surface area contributed by atoms with Crippen LogP contribution in [0.25, 0.3) is 0 Å². The number of carbonyl (C=O) groups excluding carboxylic acids is 1. The molecule has 3 N–H and O–H groups in total. The fourth-order valence-electron chi connectivity index (χ4n) is 2.99. The normalized spacial score (nSPS) is 10.6. The highest BCUT2D eigenvalue weighted by Crippen LogP contribution is 2.25. The highest BCUT2D eigenvalue weighted by atomic mass is 16.5. The summed E-state index contributed by atoms with van der Waals surface area (Å²) >= 11 is 0. The Morgan fingerprint density at radius 3 is 2.53 bits per heavy atom. The number of carbonyl (C=O) groups is 1. The number of amides is 1. The van der Waals surface area contributed by atoms with Crippen molar-refractivity contribution in [1.29, 1.82) is 0 Å². The zero-order valence-electron chi connectivity index (χ0n) is 18.5. The molecule has 32 heavy (non-hydrogen) atoms. The standard InChI is InChI=1S/C25H29N3O4/c1-3-4-14-31-21-6-5-7-22(15-21)32-20-11-8-18(9-12-20)16-27-25(29)23-13-10-19(17-30-2)28-24(23)26/h5-13,15H,3-4,14,16-17H2,1-2H3,(H2,26,28)(H,27,29). The van der Waals surface area contributed by atoms with Gasteiger partial charge >= 0.3 is 0 Å². The minimum absolute atomic E-state index is 0.182. The average Bonchev–Trinajstić information content (AvgIpc) is 2.79. The van der Waals surface area contributed by atoms with Gasteiger partial charge in [0.25, 0.3) is 5.91 Å². The van der Waals surface area contributed by atoms with Gasteiger partial charge in [0.1, 0.15) is 23.1 Å². The molecule has 0 aliphatic carbocycles. The number of anilines is 1. The Hall–Kier alpha value is -3.58. The van der Waals surface area contributed by atoms with E-state index >= 15 is 0 Å². The van der Waals surface area contributed by atoms with Gasteiger partial charge in [-0.15, -0.1) is 0 Å². The number of ether oxygens (including phenoxy) is 3. The van der Waals surface area contributed by atoms with E-state index in [2.05, 4.69) is 17.2 Å². The monoisotopic (exact) mass is 435 g/mol. The SMILES string of the molecule is CCCCOc1cccc(Oc2ccc(CNC(=O)c3ccc(COC)nc3N)cc2)c1. The summed E-state index contributed by atoms with van der Waals surface area (Å²) in [6.07, 6.45) is 2.11. The van der Waals surface area contributed by atoms with E-state index in [0.29, 0.717) is 42.5 Å². The first-order chi connectivity index (χ1) is 15.6. The second-order valence-corrected chi connectivity index (χ2v) is 7.27. The van der Waals surface area contributed by atoms with Crippen LogP contribution in [-0.4, -0.2) is 24.6 Å². The molecule has 0 radical (unpaired) electrons. The molecule has 7 nitrogen and oxygen atoms in total. The molecule has 2 aromatic carbocycles. The number of methoxy groups -OCH3 is 1. The van der Waals surface area contributed by atoms with Gasteiger partial charge in [0.15, 0.2) is 0 Å². The maximum absolute atomic E-state index is 12.4. The quantitative estimate of drug-likeness (QED) is 0.424. The van der Waals surface area contributed by atoms with Crippen molar-refractivity contribution in [2.75, 3.05) is 19.5 Å². The van der Waals surface area contributed by atoms with Gasteiger partial charge in [0.05, 0.1) is 24.5 Å². The molecule has 1 amide bonds. The number of unbranched alkanes of at least 4 members (excludes halogenated alkanes) is 1. The van der Waals surface area contributed by atoms with Gasteiger partial charge in [-0.3, -0.25) is 4.79 Å². The van der Waals surface area contributed by atoms with Gasteiger partial charge in [-0.25, -0.2) is 4.98 Å². The first kappa shape index (κ1) is 23.1. The smallest absolute Gasteiger partial charge is 0.255 e. The summed E-state index contributed by atoms with van der Waals surface area (Å²) in [6.45, 7) is 3.53. The van der Waals surface area contributed by atoms with Crippen LogP contribution in [0.5, 0.6) is 17.2 Å². The molecule has 0 fully saturated rings. The molecule has 0 saturated carbocycles. The molecule has 0 aliphatic rings. The Balaban J connectivity index is 1.54. The lowest BCUT2D eigenvalue weighted by molar-refractivity contribution is 0.0951. The molecule has 0 aliphatic heterocycles. The van der Waals surface area contributed by atoms with Crippen LogP contribution in [-0.2, 0) is 17.9 Å². The van der Waals surface area contributed by atoms with Crippen LogP contribution in [0.1, 0.15) is 41.4 Å². The maximum Gasteiger partial charge on any atom is 0.255 e. The first-order valence-corrected chi connectivity index (χ1v) is 10.6. The summed E-state index contributed by atoms with van der Waals surface area (Å²) in [5, 5.41) is 2.86. The van der Waals surface area contributed by atoms with Crippen molar-refractivity contribution in [2.45, 2.75) is 32.9 Å². The molecule has 168 valence electrons. The lowest BCUT2D eigenvalue weighted by Gasteiger charge is -2.11. The van der Waals surface area contributed by atoms with Crippen LogP contribution in [0.3, 0.4) is 0 Å². The minimum atomic E-state index is -0.279. The largest absolute Gasteiger partial charge is 0.493 e. The van der Waals surface area contributed by atoms with Crippen molar-refractivity contribution >= 4 is 11.7 Å². The van der Waals surface area contributed by atoms with Crippen LogP contribution in [0, 0.1) is 0 Å². The maximum atomic E-state index is 12.4. The van der Waals surface area contributed by atoms with Crippen molar-refractivity contribution in [3.63, 3.8) is 0 Å². The second-order valence-electron chi connectivity index (χ2n) is 7.27. The third kappa shape index (κ3) is 6.72. The molecule has 3 rings (SSSR count). The second kappa shape index (κ2) is 11.7. The van der Waals surface area contributed by atoms with E-state index in [1.807, 2.05) is 48.5 Å². The van der Waals surface area contributed by atoms with Crippen molar-refractivity contribution in [2.24, 2.45) is 0 Å². The summed E-state index contributed by atoms with van der Waals surface area (Å²) < 4.78 is 16.7. The molecule has 7 heteroatoms. The van der Waals surface area contributed by atoms with E-state index in [1.54, 1.807) is 19.2 Å². The van der Waals surface area contributed by atoms with Crippen LogP contribution in [0.15, 0.2) is 60.7 Å². The zero-order valence-corrected chi connectivity index (χ0v) is 18.5. The van der Waals surface area contributed by atoms with Crippen LogP contribution in [0.4, 0.5) is 5.82 Å². The minimum Gasteiger partial charge on any atom is -0.493 e. The molecule has 0 atom stereocenters. The molecule has 0 unspecified atom stereocenters. The topological polar surface area (TPSA) is 95.7 Å². The number of hydrogen-bond donors (Lipinski definition) is 2. The van der Waals surface area contributed by atoms with Crippen molar-refractivity contribution in [3.8, 4) is 17.2 Å². The number of pyridine rings is 1. The van der Waals surface area contributed by atoms with Gasteiger partial charge in [-0.1, -0.05) is 31.5 Å². The number of nitrogens with zero attached hydrogens (tertiary/aromatic N) is 1. The molecule has 1 aromatic heterocycles. The Labute approximate surface area is 188 Å². The van der Waals surface area contributed by atoms with Crippen molar-refractivity contribution in [1.82, 2.24) is 10.3 Å². The van der Waals surface area contributed by atoms with Crippen LogP contribution in [0.2, 0.25) is 0 Å². The summed E-state index contributed by atoms with van der Waals surface area (Å²) in [4.78, 5) is 16.6. The van der Waals surface area contributed by atoms with Gasteiger partial charge in [0, 0.05) is 19.7 Å². The molecule has 0 saturated heterocycles. The highest BCUT2D eigenvalue weighted by Gasteiger charge is 2.11. The van der Waals surface area contributed by atoms with E-state index in [-0.39, 0.29) is 11.7 Å². The summed E-state index contributed by atoms with van der Waals surface area (Å²) in [5.74, 6) is 2.10. The van der Waals surface area contributed by atoms with E-state index in [4.69, 9.17) is 19.9 Å². The van der Waals surface area contributed by atoms with Crippen LogP contribution < -0.4 is 20.5 Å². The van der Waals surface area contributed by atoms with Gasteiger partial charge in [-0.05, 0) is 48.4 Å². The van der Waals surface area contributed by atoms with E-state index in [1.165, 1.54) is 0 Å². The highest BCUT2D eigenvalue weighted by molar-refractivity contribution is 5.98. The number of aromatic nitrogens is 1. The van der Waals surface area contributed by atoms with Crippen molar-refractivity contribution in [3.05, 3.63) is 77.5 Å². The number of nitrogens with one attached hydrogen (secondary N) is 1. The Morgan fingerprint density at radius 1 is 1.03 bits per heavy atom. The summed E-state index contributed by atoms with van der Waals surface area (Å²) in [6, 6.07) is 18.5. The number of nitrogen functional groups attached to an aromatic ring is 1. The molecular formula is C25H29N3O4.